The van der Waals surface area contributed by atoms with Gasteiger partial charge in [0.25, 0.3) is 0 Å². The molecule has 1 spiro atoms. The van der Waals surface area contributed by atoms with Gasteiger partial charge >= 0.3 is 0 Å². The second kappa shape index (κ2) is 8.11. The molecule has 2 heterocycles. The summed E-state index contributed by atoms with van der Waals surface area (Å²) >= 11 is 0. The lowest BCUT2D eigenvalue weighted by atomic mass is 9.73. The van der Waals surface area contributed by atoms with E-state index >= 15 is 0 Å². The van der Waals surface area contributed by atoms with Gasteiger partial charge in [-0.05, 0) is 61.6 Å². The number of benzene rings is 1. The van der Waals surface area contributed by atoms with Crippen LogP contribution in [0.1, 0.15) is 49.7 Å². The van der Waals surface area contributed by atoms with Gasteiger partial charge in [0.15, 0.2) is 0 Å². The molecule has 0 aromatic heterocycles. The first-order chi connectivity index (χ1) is 12.5. The number of piperidine rings is 1. The largest absolute Gasteiger partial charge is 0.496 e. The number of ether oxygens (including phenoxy) is 1. The summed E-state index contributed by atoms with van der Waals surface area (Å²) in [5.41, 5.74) is 2.50. The molecule has 0 bridgehead atoms. The average Bonchev–Trinajstić information content (AvgIpc) is 2.83. The molecule has 2 fully saturated rings. The molecule has 26 heavy (non-hydrogen) atoms. The number of rotatable bonds is 4. The molecule has 0 radical (unpaired) electrons. The van der Waals surface area contributed by atoms with Crippen molar-refractivity contribution in [2.45, 2.75) is 51.9 Å². The van der Waals surface area contributed by atoms with Crippen molar-refractivity contribution in [3.63, 3.8) is 0 Å². The van der Waals surface area contributed by atoms with Crippen LogP contribution in [0.5, 0.6) is 5.75 Å². The molecule has 2 aliphatic rings. The van der Waals surface area contributed by atoms with Gasteiger partial charge in [0, 0.05) is 32.5 Å². The van der Waals surface area contributed by atoms with E-state index in [4.69, 9.17) is 4.74 Å². The fourth-order valence-corrected chi connectivity index (χ4v) is 4.22. The van der Waals surface area contributed by atoms with Crippen LogP contribution in [0.15, 0.2) is 18.2 Å². The zero-order valence-corrected chi connectivity index (χ0v) is 16.0. The van der Waals surface area contributed by atoms with Crippen LogP contribution in [0, 0.1) is 12.3 Å². The first-order valence-corrected chi connectivity index (χ1v) is 9.69. The quantitative estimate of drug-likeness (QED) is 0.900. The highest BCUT2D eigenvalue weighted by molar-refractivity contribution is 5.77. The van der Waals surface area contributed by atoms with Gasteiger partial charge in [-0.1, -0.05) is 12.1 Å². The highest BCUT2D eigenvalue weighted by Crippen LogP contribution is 2.40. The Bertz CT molecular complexity index is 663. The molecular weight excluding hydrogens is 328 g/mol. The Morgan fingerprint density at radius 3 is 2.73 bits per heavy atom. The normalized spacial score (nSPS) is 19.8. The minimum absolute atomic E-state index is 0.175. The third-order valence-corrected chi connectivity index (χ3v) is 6.14. The van der Waals surface area contributed by atoms with E-state index in [1.165, 1.54) is 0 Å². The van der Waals surface area contributed by atoms with E-state index in [0.717, 1.165) is 68.6 Å². The molecular formula is C21H30N2O3. The van der Waals surface area contributed by atoms with Crippen LogP contribution in [-0.4, -0.2) is 43.5 Å². The Morgan fingerprint density at radius 2 is 2.00 bits per heavy atom. The molecule has 5 heteroatoms. The molecule has 0 atom stereocenters. The second-order valence-electron chi connectivity index (χ2n) is 7.78. The summed E-state index contributed by atoms with van der Waals surface area (Å²) in [7, 11) is 1.68. The zero-order chi connectivity index (χ0) is 18.6. The molecule has 1 aromatic carbocycles. The number of hydrogen-bond acceptors (Lipinski definition) is 3. The average molecular weight is 358 g/mol. The molecule has 2 amide bonds. The van der Waals surface area contributed by atoms with Gasteiger partial charge < -0.3 is 15.0 Å². The Morgan fingerprint density at radius 1 is 1.23 bits per heavy atom. The monoisotopic (exact) mass is 358 g/mol. The van der Waals surface area contributed by atoms with E-state index in [2.05, 4.69) is 11.4 Å². The van der Waals surface area contributed by atoms with Crippen LogP contribution in [0.4, 0.5) is 0 Å². The number of aryl methyl sites for hydroxylation is 2. The summed E-state index contributed by atoms with van der Waals surface area (Å²) in [6.07, 6.45) is 5.96. The number of methoxy groups -OCH3 is 1. The molecule has 0 aliphatic carbocycles. The lowest BCUT2D eigenvalue weighted by molar-refractivity contribution is -0.133. The Kier molecular flexibility index (Phi) is 5.84. The van der Waals surface area contributed by atoms with Crippen molar-refractivity contribution < 1.29 is 14.3 Å². The number of hydrogen-bond donors (Lipinski definition) is 1. The van der Waals surface area contributed by atoms with Gasteiger partial charge in [-0.2, -0.15) is 0 Å². The Balaban J connectivity index is 1.50. The van der Waals surface area contributed by atoms with Gasteiger partial charge in [-0.25, -0.2) is 0 Å². The number of amides is 2. The molecule has 142 valence electrons. The maximum atomic E-state index is 12.6. The summed E-state index contributed by atoms with van der Waals surface area (Å²) in [6.45, 7) is 4.45. The van der Waals surface area contributed by atoms with Gasteiger partial charge in [0.1, 0.15) is 5.75 Å². The second-order valence-corrected chi connectivity index (χ2v) is 7.78. The van der Waals surface area contributed by atoms with Crippen molar-refractivity contribution in [3.05, 3.63) is 29.3 Å². The van der Waals surface area contributed by atoms with Crippen molar-refractivity contribution in [3.8, 4) is 5.75 Å². The van der Waals surface area contributed by atoms with Gasteiger partial charge in [0.05, 0.1) is 7.11 Å². The van der Waals surface area contributed by atoms with E-state index < -0.39 is 0 Å². The SMILES string of the molecule is COc1cc(CCC(=O)N2CCC3(CCNC(=O)CC3)CC2)ccc1C. The fraction of sp³-hybridized carbons (Fsp3) is 0.619. The van der Waals surface area contributed by atoms with Crippen molar-refractivity contribution in [2.24, 2.45) is 5.41 Å². The third kappa shape index (κ3) is 4.37. The topological polar surface area (TPSA) is 58.6 Å². The lowest BCUT2D eigenvalue weighted by Gasteiger charge is -2.41. The van der Waals surface area contributed by atoms with E-state index in [1.807, 2.05) is 24.0 Å². The van der Waals surface area contributed by atoms with Gasteiger partial charge in [-0.3, -0.25) is 9.59 Å². The standard InChI is InChI=1S/C21H30N2O3/c1-16-3-4-17(15-18(16)26-2)5-6-20(25)23-13-10-21(11-14-23)8-7-19(24)22-12-9-21/h3-4,15H,5-14H2,1-2H3,(H,22,24). The van der Waals surface area contributed by atoms with Crippen molar-refractivity contribution in [1.29, 1.82) is 0 Å². The van der Waals surface area contributed by atoms with Crippen LogP contribution in [0.3, 0.4) is 0 Å². The highest BCUT2D eigenvalue weighted by Gasteiger charge is 2.36. The number of likely N-dealkylation sites (tertiary alicyclic amines) is 1. The van der Waals surface area contributed by atoms with E-state index in [9.17, 15) is 9.59 Å². The molecule has 5 nitrogen and oxygen atoms in total. The number of nitrogens with zero attached hydrogens (tertiary/aromatic N) is 1. The number of carbonyl (C=O) groups is 2. The van der Waals surface area contributed by atoms with Crippen LogP contribution in [0.2, 0.25) is 0 Å². The number of nitrogens with one attached hydrogen (secondary N) is 1. The van der Waals surface area contributed by atoms with Crippen LogP contribution in [0.25, 0.3) is 0 Å². The first kappa shape index (κ1) is 18.7. The Hall–Kier alpha value is -2.04. The molecule has 1 N–H and O–H groups in total. The summed E-state index contributed by atoms with van der Waals surface area (Å²) in [5.74, 6) is 1.29. The van der Waals surface area contributed by atoms with E-state index in [-0.39, 0.29) is 17.2 Å². The predicted octanol–water partition coefficient (Wildman–Crippen LogP) is 2.85. The van der Waals surface area contributed by atoms with Crippen molar-refractivity contribution in [2.75, 3.05) is 26.7 Å². The van der Waals surface area contributed by atoms with Crippen LogP contribution >= 0.6 is 0 Å². The molecule has 1 aromatic rings. The van der Waals surface area contributed by atoms with Crippen molar-refractivity contribution >= 4 is 11.8 Å². The minimum Gasteiger partial charge on any atom is -0.496 e. The van der Waals surface area contributed by atoms with Crippen LogP contribution in [-0.2, 0) is 16.0 Å². The molecule has 0 unspecified atom stereocenters. The summed E-state index contributed by atoms with van der Waals surface area (Å²) in [4.78, 5) is 26.2. The van der Waals surface area contributed by atoms with Gasteiger partial charge in [0.2, 0.25) is 11.8 Å². The Labute approximate surface area is 156 Å². The highest BCUT2D eigenvalue weighted by atomic mass is 16.5. The van der Waals surface area contributed by atoms with Crippen molar-refractivity contribution in [1.82, 2.24) is 10.2 Å². The minimum atomic E-state index is 0.175. The maximum absolute atomic E-state index is 12.6. The summed E-state index contributed by atoms with van der Waals surface area (Å²) < 4.78 is 5.37. The van der Waals surface area contributed by atoms with E-state index in [0.29, 0.717) is 12.8 Å². The fourth-order valence-electron chi connectivity index (χ4n) is 4.22. The zero-order valence-electron chi connectivity index (χ0n) is 16.0. The summed E-state index contributed by atoms with van der Waals surface area (Å²) in [6, 6.07) is 6.15. The molecule has 2 aliphatic heterocycles. The molecule has 2 saturated heterocycles. The van der Waals surface area contributed by atoms with Crippen LogP contribution < -0.4 is 10.1 Å². The van der Waals surface area contributed by atoms with Gasteiger partial charge in [-0.15, -0.1) is 0 Å². The smallest absolute Gasteiger partial charge is 0.222 e. The molecule has 0 saturated carbocycles. The first-order valence-electron chi connectivity index (χ1n) is 9.69. The maximum Gasteiger partial charge on any atom is 0.222 e. The predicted molar refractivity (Wildman–Crippen MR) is 101 cm³/mol. The lowest BCUT2D eigenvalue weighted by Crippen LogP contribution is -2.43. The number of carbonyl (C=O) groups excluding carboxylic acids is 2. The molecule has 3 rings (SSSR count). The summed E-state index contributed by atoms with van der Waals surface area (Å²) in [5, 5.41) is 2.97. The third-order valence-electron chi connectivity index (χ3n) is 6.14. The van der Waals surface area contributed by atoms with E-state index in [1.54, 1.807) is 7.11 Å².